The third kappa shape index (κ3) is 3.87. The van der Waals surface area contributed by atoms with Gasteiger partial charge >= 0.3 is 0 Å². The molecule has 0 aromatic carbocycles. The number of morpholine rings is 1. The van der Waals surface area contributed by atoms with Gasteiger partial charge in [-0.05, 0) is 25.8 Å². The molecule has 27 heavy (non-hydrogen) atoms. The molecule has 2 amide bonds. The summed E-state index contributed by atoms with van der Waals surface area (Å²) in [6.07, 6.45) is 6.10. The Morgan fingerprint density at radius 2 is 2.00 bits per heavy atom. The molecular formula is C19H26N4O3S. The summed E-state index contributed by atoms with van der Waals surface area (Å²) in [6.45, 7) is 4.33. The van der Waals surface area contributed by atoms with Crippen molar-refractivity contribution in [3.05, 3.63) is 16.6 Å². The van der Waals surface area contributed by atoms with E-state index in [0.717, 1.165) is 28.8 Å². The molecule has 3 heterocycles. The fraction of sp³-hybridized carbons (Fsp3) is 0.632. The van der Waals surface area contributed by atoms with Gasteiger partial charge in [0, 0.05) is 18.5 Å². The minimum atomic E-state index is -0.188. The van der Waals surface area contributed by atoms with E-state index in [2.05, 4.69) is 10.00 Å². The smallest absolute Gasteiger partial charge is 0.261 e. The summed E-state index contributed by atoms with van der Waals surface area (Å²) in [5, 5.41) is 8.56. The maximum Gasteiger partial charge on any atom is 0.261 e. The van der Waals surface area contributed by atoms with Crippen LogP contribution < -0.4 is 5.32 Å². The Balaban J connectivity index is 1.45. The van der Waals surface area contributed by atoms with Crippen LogP contribution in [0.1, 0.15) is 53.5 Å². The lowest BCUT2D eigenvalue weighted by Crippen LogP contribution is -2.45. The number of ether oxygens (including phenoxy) is 1. The van der Waals surface area contributed by atoms with Crippen LogP contribution >= 0.6 is 11.3 Å². The van der Waals surface area contributed by atoms with E-state index >= 15 is 0 Å². The molecule has 0 atom stereocenters. The summed E-state index contributed by atoms with van der Waals surface area (Å²) < 4.78 is 7.38. The minimum absolute atomic E-state index is 0.0286. The predicted octanol–water partition coefficient (Wildman–Crippen LogP) is 2.50. The Morgan fingerprint density at radius 3 is 2.74 bits per heavy atom. The third-order valence-electron chi connectivity index (χ3n) is 5.48. The number of rotatable bonds is 4. The number of fused-ring (bicyclic) bond motifs is 1. The topological polar surface area (TPSA) is 76.5 Å². The van der Waals surface area contributed by atoms with Crippen LogP contribution in [0.3, 0.4) is 0 Å². The van der Waals surface area contributed by atoms with Crippen molar-refractivity contribution in [1.82, 2.24) is 20.0 Å². The molecule has 1 aliphatic heterocycles. The van der Waals surface area contributed by atoms with Gasteiger partial charge in [0.25, 0.3) is 5.91 Å². The molecule has 2 fully saturated rings. The van der Waals surface area contributed by atoms with Crippen molar-refractivity contribution >= 4 is 33.4 Å². The first-order valence-corrected chi connectivity index (χ1v) is 10.6. The fourth-order valence-electron chi connectivity index (χ4n) is 3.92. The van der Waals surface area contributed by atoms with Gasteiger partial charge in [0.05, 0.1) is 36.4 Å². The lowest BCUT2D eigenvalue weighted by atomic mass is 9.96. The van der Waals surface area contributed by atoms with Crippen LogP contribution in [0.15, 0.2) is 6.07 Å². The first-order valence-electron chi connectivity index (χ1n) is 9.76. The van der Waals surface area contributed by atoms with Gasteiger partial charge in [-0.25, -0.2) is 0 Å². The van der Waals surface area contributed by atoms with Crippen molar-refractivity contribution in [1.29, 1.82) is 0 Å². The largest absolute Gasteiger partial charge is 0.378 e. The standard InChI is InChI=1S/C19H26N4O3S/c1-13-15-11-16(18(25)20-12-17(24)22-7-9-26-10-8-22)27-19(15)23(21-13)14-5-3-2-4-6-14/h11,14H,2-10,12H2,1H3,(H,20,25). The summed E-state index contributed by atoms with van der Waals surface area (Å²) >= 11 is 1.48. The van der Waals surface area contributed by atoms with E-state index in [-0.39, 0.29) is 18.4 Å². The summed E-state index contributed by atoms with van der Waals surface area (Å²) in [5.74, 6) is -0.246. The van der Waals surface area contributed by atoms with E-state index in [9.17, 15) is 9.59 Å². The Kier molecular flexibility index (Phi) is 5.45. The Labute approximate surface area is 162 Å². The second-order valence-corrected chi connectivity index (χ2v) is 8.36. The summed E-state index contributed by atoms with van der Waals surface area (Å²) in [6, 6.07) is 2.35. The lowest BCUT2D eigenvalue weighted by Gasteiger charge is -2.26. The van der Waals surface area contributed by atoms with Gasteiger partial charge in [0.1, 0.15) is 4.83 Å². The molecule has 1 N–H and O–H groups in total. The first-order chi connectivity index (χ1) is 13.1. The molecule has 146 valence electrons. The highest BCUT2D eigenvalue weighted by atomic mass is 32.1. The highest BCUT2D eigenvalue weighted by Gasteiger charge is 2.23. The second kappa shape index (κ2) is 7.98. The zero-order valence-corrected chi connectivity index (χ0v) is 16.5. The van der Waals surface area contributed by atoms with E-state index < -0.39 is 0 Å². The molecule has 1 aliphatic carbocycles. The number of thiophene rings is 1. The zero-order chi connectivity index (χ0) is 18.8. The van der Waals surface area contributed by atoms with Crippen LogP contribution in [0.25, 0.3) is 10.2 Å². The van der Waals surface area contributed by atoms with Crippen molar-refractivity contribution in [2.24, 2.45) is 0 Å². The monoisotopic (exact) mass is 390 g/mol. The number of aromatic nitrogens is 2. The van der Waals surface area contributed by atoms with Crippen LogP contribution in [0.2, 0.25) is 0 Å². The van der Waals surface area contributed by atoms with Crippen molar-refractivity contribution in [2.75, 3.05) is 32.8 Å². The average molecular weight is 391 g/mol. The number of carbonyl (C=O) groups excluding carboxylic acids is 2. The van der Waals surface area contributed by atoms with Gasteiger partial charge in [-0.2, -0.15) is 5.10 Å². The maximum atomic E-state index is 12.6. The van der Waals surface area contributed by atoms with Crippen molar-refractivity contribution in [2.45, 2.75) is 45.1 Å². The number of nitrogens with zero attached hydrogens (tertiary/aromatic N) is 3. The van der Waals surface area contributed by atoms with E-state index in [1.54, 1.807) is 4.90 Å². The Hall–Kier alpha value is -1.93. The van der Waals surface area contributed by atoms with Crippen molar-refractivity contribution in [3.63, 3.8) is 0 Å². The van der Waals surface area contributed by atoms with Crippen molar-refractivity contribution in [3.8, 4) is 0 Å². The number of aryl methyl sites for hydroxylation is 1. The highest BCUT2D eigenvalue weighted by molar-refractivity contribution is 7.20. The van der Waals surface area contributed by atoms with Gasteiger partial charge in [-0.15, -0.1) is 11.3 Å². The quantitative estimate of drug-likeness (QED) is 0.870. The van der Waals surface area contributed by atoms with Crippen LogP contribution in [-0.2, 0) is 9.53 Å². The van der Waals surface area contributed by atoms with E-state index in [1.807, 2.05) is 13.0 Å². The average Bonchev–Trinajstić information content (AvgIpc) is 3.28. The molecule has 0 bridgehead atoms. The second-order valence-electron chi connectivity index (χ2n) is 7.33. The van der Waals surface area contributed by atoms with Gasteiger partial charge in [0.15, 0.2) is 0 Å². The molecule has 7 nitrogen and oxygen atoms in total. The molecule has 0 spiro atoms. The van der Waals surface area contributed by atoms with Gasteiger partial charge < -0.3 is 15.0 Å². The SMILES string of the molecule is Cc1nn(C2CCCCC2)c2sc(C(=O)NCC(=O)N3CCOCC3)cc12. The zero-order valence-electron chi connectivity index (χ0n) is 15.7. The normalized spacial score (nSPS) is 18.8. The molecule has 8 heteroatoms. The summed E-state index contributed by atoms with van der Waals surface area (Å²) in [4.78, 5) is 28.2. The fourth-order valence-corrected chi connectivity index (χ4v) is 5.07. The van der Waals surface area contributed by atoms with E-state index in [0.29, 0.717) is 37.2 Å². The number of hydrogen-bond acceptors (Lipinski definition) is 5. The highest BCUT2D eigenvalue weighted by Crippen LogP contribution is 2.35. The lowest BCUT2D eigenvalue weighted by molar-refractivity contribution is -0.134. The molecule has 1 saturated heterocycles. The molecule has 2 aromatic heterocycles. The van der Waals surface area contributed by atoms with Gasteiger partial charge in [-0.3, -0.25) is 14.3 Å². The summed E-state index contributed by atoms with van der Waals surface area (Å²) in [7, 11) is 0. The maximum absolute atomic E-state index is 12.6. The van der Waals surface area contributed by atoms with E-state index in [1.165, 1.54) is 30.6 Å². The number of hydrogen-bond donors (Lipinski definition) is 1. The molecule has 0 unspecified atom stereocenters. The molecule has 1 saturated carbocycles. The number of nitrogens with one attached hydrogen (secondary N) is 1. The molecule has 2 aliphatic rings. The molecule has 4 rings (SSSR count). The van der Waals surface area contributed by atoms with Gasteiger partial charge in [-0.1, -0.05) is 19.3 Å². The minimum Gasteiger partial charge on any atom is -0.378 e. The molecule has 2 aromatic rings. The van der Waals surface area contributed by atoms with Crippen molar-refractivity contribution < 1.29 is 14.3 Å². The van der Waals surface area contributed by atoms with Crippen LogP contribution in [0, 0.1) is 6.92 Å². The van der Waals surface area contributed by atoms with Crippen LogP contribution in [-0.4, -0.2) is 59.3 Å². The van der Waals surface area contributed by atoms with E-state index in [4.69, 9.17) is 9.84 Å². The van der Waals surface area contributed by atoms with Crippen LogP contribution in [0.5, 0.6) is 0 Å². The Morgan fingerprint density at radius 1 is 1.26 bits per heavy atom. The molecule has 0 radical (unpaired) electrons. The Bertz CT molecular complexity index is 831. The predicted molar refractivity (Wildman–Crippen MR) is 104 cm³/mol. The summed E-state index contributed by atoms with van der Waals surface area (Å²) in [5.41, 5.74) is 0.968. The first kappa shape index (κ1) is 18.4. The third-order valence-corrected chi connectivity index (χ3v) is 6.60. The number of carbonyl (C=O) groups is 2. The molecular weight excluding hydrogens is 364 g/mol. The van der Waals surface area contributed by atoms with Crippen LogP contribution in [0.4, 0.5) is 0 Å². The number of amides is 2. The van der Waals surface area contributed by atoms with Gasteiger partial charge in [0.2, 0.25) is 5.91 Å².